The Morgan fingerprint density at radius 3 is 3.08 bits per heavy atom. The summed E-state index contributed by atoms with van der Waals surface area (Å²) < 4.78 is 1.74. The summed E-state index contributed by atoms with van der Waals surface area (Å²) in [6, 6.07) is 7.24. The molecule has 0 spiro atoms. The van der Waals surface area contributed by atoms with Crippen LogP contribution in [0.3, 0.4) is 0 Å². The number of aromatic nitrogens is 2. The Morgan fingerprint density at radius 1 is 1.46 bits per heavy atom. The van der Waals surface area contributed by atoms with Gasteiger partial charge in [0, 0.05) is 6.20 Å². The molecule has 1 atom stereocenters. The van der Waals surface area contributed by atoms with Crippen molar-refractivity contribution in [3.8, 4) is 0 Å². The van der Waals surface area contributed by atoms with Crippen molar-refractivity contribution in [3.63, 3.8) is 0 Å². The first-order valence-corrected chi connectivity index (χ1v) is 4.12. The standard InChI is InChI=1S/C9H11N3O/c10-8(6-13)9-3-1-2-7-4-5-11-12(7)9/h1-5,8,13H,6,10H2/t8-/m1/s1. The summed E-state index contributed by atoms with van der Waals surface area (Å²) in [7, 11) is 0. The lowest BCUT2D eigenvalue weighted by atomic mass is 10.2. The Hall–Kier alpha value is -1.39. The number of nitrogens with two attached hydrogens (primary N) is 1. The minimum absolute atomic E-state index is 0.0705. The highest BCUT2D eigenvalue weighted by Gasteiger charge is 2.08. The molecule has 3 N–H and O–H groups in total. The second-order valence-electron chi connectivity index (χ2n) is 2.91. The maximum absolute atomic E-state index is 8.92. The molecular formula is C9H11N3O. The lowest BCUT2D eigenvalue weighted by Crippen LogP contribution is -2.18. The fourth-order valence-corrected chi connectivity index (χ4v) is 1.35. The maximum Gasteiger partial charge on any atom is 0.0705 e. The average molecular weight is 177 g/mol. The van der Waals surface area contributed by atoms with Crippen LogP contribution in [0.25, 0.3) is 5.52 Å². The van der Waals surface area contributed by atoms with Crippen molar-refractivity contribution in [2.24, 2.45) is 5.73 Å². The van der Waals surface area contributed by atoms with Crippen molar-refractivity contribution in [1.82, 2.24) is 9.61 Å². The molecule has 0 saturated carbocycles. The highest BCUT2D eigenvalue weighted by atomic mass is 16.3. The number of rotatable bonds is 2. The molecule has 4 nitrogen and oxygen atoms in total. The van der Waals surface area contributed by atoms with Crippen molar-refractivity contribution in [2.45, 2.75) is 6.04 Å². The smallest absolute Gasteiger partial charge is 0.0705 e. The van der Waals surface area contributed by atoms with Crippen LogP contribution in [0.2, 0.25) is 0 Å². The second kappa shape index (κ2) is 3.16. The van der Waals surface area contributed by atoms with E-state index in [-0.39, 0.29) is 12.6 Å². The third-order valence-corrected chi connectivity index (χ3v) is 2.03. The van der Waals surface area contributed by atoms with E-state index in [1.165, 1.54) is 0 Å². The van der Waals surface area contributed by atoms with Gasteiger partial charge in [0.15, 0.2) is 0 Å². The summed E-state index contributed by atoms with van der Waals surface area (Å²) in [5.41, 5.74) is 7.52. The lowest BCUT2D eigenvalue weighted by molar-refractivity contribution is 0.264. The number of aliphatic hydroxyl groups is 1. The van der Waals surface area contributed by atoms with Crippen LogP contribution in [0.4, 0.5) is 0 Å². The SMILES string of the molecule is N[C@H](CO)c1cccc2ccnn12. The normalized spacial score (nSPS) is 13.4. The molecule has 0 saturated heterocycles. The quantitative estimate of drug-likeness (QED) is 0.694. The van der Waals surface area contributed by atoms with E-state index < -0.39 is 0 Å². The van der Waals surface area contributed by atoms with Gasteiger partial charge in [0.05, 0.1) is 23.9 Å². The number of nitrogens with zero attached hydrogens (tertiary/aromatic N) is 2. The maximum atomic E-state index is 8.92. The molecule has 0 aromatic carbocycles. The highest BCUT2D eigenvalue weighted by Crippen LogP contribution is 2.11. The first-order chi connectivity index (χ1) is 6.33. The Balaban J connectivity index is 2.60. The second-order valence-corrected chi connectivity index (χ2v) is 2.91. The molecule has 4 heteroatoms. The predicted octanol–water partition coefficient (Wildman–Crippen LogP) is 0.326. The van der Waals surface area contributed by atoms with E-state index in [1.807, 2.05) is 24.3 Å². The fraction of sp³-hybridized carbons (Fsp3) is 0.222. The van der Waals surface area contributed by atoms with Gasteiger partial charge in [-0.2, -0.15) is 5.10 Å². The van der Waals surface area contributed by atoms with Gasteiger partial charge in [0.2, 0.25) is 0 Å². The van der Waals surface area contributed by atoms with Crippen LogP contribution in [-0.4, -0.2) is 21.3 Å². The van der Waals surface area contributed by atoms with Crippen molar-refractivity contribution >= 4 is 5.52 Å². The van der Waals surface area contributed by atoms with Gasteiger partial charge in [0.1, 0.15) is 0 Å². The summed E-state index contributed by atoms with van der Waals surface area (Å²) in [5, 5.41) is 13.0. The van der Waals surface area contributed by atoms with Crippen LogP contribution < -0.4 is 5.73 Å². The van der Waals surface area contributed by atoms with E-state index in [1.54, 1.807) is 10.7 Å². The average Bonchev–Trinajstić information content (AvgIpc) is 2.63. The van der Waals surface area contributed by atoms with E-state index in [0.29, 0.717) is 0 Å². The molecule has 13 heavy (non-hydrogen) atoms. The molecule has 0 amide bonds. The lowest BCUT2D eigenvalue weighted by Gasteiger charge is -2.09. The summed E-state index contributed by atoms with van der Waals surface area (Å²) in [6.07, 6.45) is 1.71. The van der Waals surface area contributed by atoms with Crippen molar-refractivity contribution < 1.29 is 5.11 Å². The van der Waals surface area contributed by atoms with Gasteiger partial charge in [-0.05, 0) is 18.2 Å². The van der Waals surface area contributed by atoms with E-state index >= 15 is 0 Å². The Kier molecular flexibility index (Phi) is 2.00. The van der Waals surface area contributed by atoms with Crippen LogP contribution >= 0.6 is 0 Å². The molecule has 2 rings (SSSR count). The largest absolute Gasteiger partial charge is 0.394 e. The van der Waals surface area contributed by atoms with Gasteiger partial charge in [-0.1, -0.05) is 6.07 Å². The molecule has 0 aliphatic carbocycles. The zero-order valence-corrected chi connectivity index (χ0v) is 7.09. The Labute approximate surface area is 75.6 Å². The summed E-state index contributed by atoms with van der Waals surface area (Å²) in [6.45, 7) is -0.0705. The number of aliphatic hydroxyl groups excluding tert-OH is 1. The third-order valence-electron chi connectivity index (χ3n) is 2.03. The predicted molar refractivity (Wildman–Crippen MR) is 49.2 cm³/mol. The van der Waals surface area contributed by atoms with Gasteiger partial charge in [-0.3, -0.25) is 0 Å². The molecule has 2 aromatic heterocycles. The molecule has 0 fully saturated rings. The molecule has 68 valence electrons. The Bertz CT molecular complexity index is 410. The summed E-state index contributed by atoms with van der Waals surface area (Å²) >= 11 is 0. The van der Waals surface area contributed by atoms with Crippen LogP contribution in [0.1, 0.15) is 11.7 Å². The van der Waals surface area contributed by atoms with E-state index in [2.05, 4.69) is 5.10 Å². The van der Waals surface area contributed by atoms with Gasteiger partial charge in [-0.15, -0.1) is 0 Å². The van der Waals surface area contributed by atoms with Gasteiger partial charge in [-0.25, -0.2) is 4.52 Å². The number of hydrogen-bond donors (Lipinski definition) is 2. The van der Waals surface area contributed by atoms with Crippen LogP contribution in [0, 0.1) is 0 Å². The van der Waals surface area contributed by atoms with Crippen molar-refractivity contribution in [2.75, 3.05) is 6.61 Å². The molecule has 0 bridgehead atoms. The van der Waals surface area contributed by atoms with Crippen LogP contribution in [0.5, 0.6) is 0 Å². The minimum Gasteiger partial charge on any atom is -0.394 e. The molecule has 2 heterocycles. The summed E-state index contributed by atoms with van der Waals surface area (Å²) in [5.74, 6) is 0. The molecule has 0 unspecified atom stereocenters. The Morgan fingerprint density at radius 2 is 2.31 bits per heavy atom. The fourth-order valence-electron chi connectivity index (χ4n) is 1.35. The molecular weight excluding hydrogens is 166 g/mol. The topological polar surface area (TPSA) is 63.5 Å². The first kappa shape index (κ1) is 8.22. The van der Waals surface area contributed by atoms with Crippen LogP contribution in [-0.2, 0) is 0 Å². The zero-order chi connectivity index (χ0) is 9.26. The monoisotopic (exact) mass is 177 g/mol. The molecule has 0 aliphatic rings. The number of pyridine rings is 1. The van der Waals surface area contributed by atoms with Gasteiger partial charge >= 0.3 is 0 Å². The van der Waals surface area contributed by atoms with Crippen molar-refractivity contribution in [3.05, 3.63) is 36.2 Å². The van der Waals surface area contributed by atoms with E-state index in [4.69, 9.17) is 10.8 Å². The van der Waals surface area contributed by atoms with Gasteiger partial charge in [0.25, 0.3) is 0 Å². The van der Waals surface area contributed by atoms with Crippen molar-refractivity contribution in [1.29, 1.82) is 0 Å². The zero-order valence-electron chi connectivity index (χ0n) is 7.09. The number of hydrogen-bond acceptors (Lipinski definition) is 3. The molecule has 0 radical (unpaired) electrons. The number of fused-ring (bicyclic) bond motifs is 1. The third kappa shape index (κ3) is 1.30. The molecule has 2 aromatic rings. The van der Waals surface area contributed by atoms with E-state index in [9.17, 15) is 0 Å². The minimum atomic E-state index is -0.372. The van der Waals surface area contributed by atoms with Crippen LogP contribution in [0.15, 0.2) is 30.5 Å². The first-order valence-electron chi connectivity index (χ1n) is 4.12. The summed E-state index contributed by atoms with van der Waals surface area (Å²) in [4.78, 5) is 0. The van der Waals surface area contributed by atoms with Gasteiger partial charge < -0.3 is 10.8 Å². The highest BCUT2D eigenvalue weighted by molar-refractivity contribution is 5.46. The molecule has 0 aliphatic heterocycles. The van der Waals surface area contributed by atoms with E-state index in [0.717, 1.165) is 11.2 Å².